The Labute approximate surface area is 121 Å². The van der Waals surface area contributed by atoms with Crippen molar-refractivity contribution in [3.63, 3.8) is 0 Å². The molecule has 3 nitrogen and oxygen atoms in total. The summed E-state index contributed by atoms with van der Waals surface area (Å²) in [6.07, 6.45) is 0. The molecule has 2 aromatic carbocycles. The summed E-state index contributed by atoms with van der Waals surface area (Å²) in [4.78, 5) is 11.1. The lowest BCUT2D eigenvalue weighted by molar-refractivity contribution is 0.0694. The standard InChI is InChI=1S/C13H8Br2O3/c14-8-5-6-11(9(7-8)13(16)17)18-12-4-2-1-3-10(12)15/h1-7H,(H,16,17). The van der Waals surface area contributed by atoms with Gasteiger partial charge < -0.3 is 9.84 Å². The first kappa shape index (κ1) is 13.1. The number of aromatic carboxylic acids is 1. The topological polar surface area (TPSA) is 46.5 Å². The molecule has 5 heteroatoms. The Morgan fingerprint density at radius 3 is 2.44 bits per heavy atom. The van der Waals surface area contributed by atoms with Crippen molar-refractivity contribution in [1.29, 1.82) is 0 Å². The van der Waals surface area contributed by atoms with Crippen LogP contribution < -0.4 is 4.74 Å². The molecule has 0 fully saturated rings. The van der Waals surface area contributed by atoms with Gasteiger partial charge in [-0.1, -0.05) is 28.1 Å². The summed E-state index contributed by atoms with van der Waals surface area (Å²) >= 11 is 6.58. The molecule has 0 spiro atoms. The number of carboxylic acids is 1. The molecule has 0 aromatic heterocycles. The highest BCUT2D eigenvalue weighted by Crippen LogP contribution is 2.32. The minimum atomic E-state index is -1.03. The van der Waals surface area contributed by atoms with Gasteiger partial charge in [-0.15, -0.1) is 0 Å². The first-order valence-corrected chi connectivity index (χ1v) is 6.62. The van der Waals surface area contributed by atoms with Gasteiger partial charge >= 0.3 is 5.97 Å². The van der Waals surface area contributed by atoms with E-state index in [1.54, 1.807) is 18.2 Å². The maximum atomic E-state index is 11.1. The normalized spacial score (nSPS) is 10.1. The van der Waals surface area contributed by atoms with Crippen LogP contribution in [0.5, 0.6) is 11.5 Å². The molecular formula is C13H8Br2O3. The Hall–Kier alpha value is -1.33. The van der Waals surface area contributed by atoms with E-state index < -0.39 is 5.97 Å². The fourth-order valence-corrected chi connectivity index (χ4v) is 2.13. The van der Waals surface area contributed by atoms with E-state index >= 15 is 0 Å². The summed E-state index contributed by atoms with van der Waals surface area (Å²) in [5.41, 5.74) is 0.111. The van der Waals surface area contributed by atoms with Gasteiger partial charge in [0.05, 0.1) is 4.47 Å². The summed E-state index contributed by atoms with van der Waals surface area (Å²) < 4.78 is 7.07. The van der Waals surface area contributed by atoms with Gasteiger partial charge in [0, 0.05) is 4.47 Å². The van der Waals surface area contributed by atoms with Gasteiger partial charge in [0.15, 0.2) is 0 Å². The molecule has 0 radical (unpaired) electrons. The molecule has 92 valence electrons. The summed E-state index contributed by atoms with van der Waals surface area (Å²) in [6.45, 7) is 0. The van der Waals surface area contributed by atoms with Gasteiger partial charge in [0.1, 0.15) is 17.1 Å². The van der Waals surface area contributed by atoms with E-state index in [1.807, 2.05) is 18.2 Å². The van der Waals surface area contributed by atoms with Gasteiger partial charge in [0.2, 0.25) is 0 Å². The first-order chi connectivity index (χ1) is 8.58. The van der Waals surface area contributed by atoms with Gasteiger partial charge in [-0.25, -0.2) is 4.79 Å². The zero-order valence-electron chi connectivity index (χ0n) is 9.06. The van der Waals surface area contributed by atoms with Gasteiger partial charge in [-0.3, -0.25) is 0 Å². The van der Waals surface area contributed by atoms with E-state index in [4.69, 9.17) is 9.84 Å². The summed E-state index contributed by atoms with van der Waals surface area (Å²) in [6, 6.07) is 12.1. The second kappa shape index (κ2) is 5.54. The van der Waals surface area contributed by atoms with Crippen LogP contribution >= 0.6 is 31.9 Å². The highest BCUT2D eigenvalue weighted by molar-refractivity contribution is 9.10. The summed E-state index contributed by atoms with van der Waals surface area (Å²) in [5.74, 6) is -0.154. The van der Waals surface area contributed by atoms with Crippen LogP contribution in [0.1, 0.15) is 10.4 Å². The number of carboxylic acid groups (broad SMARTS) is 1. The molecule has 0 bridgehead atoms. The zero-order chi connectivity index (χ0) is 13.1. The number of carbonyl (C=O) groups is 1. The average molecular weight is 372 g/mol. The van der Waals surface area contributed by atoms with Crippen molar-refractivity contribution in [2.24, 2.45) is 0 Å². The molecule has 0 aliphatic rings. The van der Waals surface area contributed by atoms with Crippen molar-refractivity contribution in [3.8, 4) is 11.5 Å². The zero-order valence-corrected chi connectivity index (χ0v) is 12.2. The van der Waals surface area contributed by atoms with E-state index in [2.05, 4.69) is 31.9 Å². The largest absolute Gasteiger partial charge is 0.478 e. The number of rotatable bonds is 3. The SMILES string of the molecule is O=C(O)c1cc(Br)ccc1Oc1ccccc1Br. The Bertz CT molecular complexity index is 597. The maximum Gasteiger partial charge on any atom is 0.339 e. The van der Waals surface area contributed by atoms with Crippen molar-refractivity contribution in [2.75, 3.05) is 0 Å². The predicted molar refractivity (Wildman–Crippen MR) is 75.3 cm³/mol. The molecule has 0 unspecified atom stereocenters. The molecule has 0 amide bonds. The fraction of sp³-hybridized carbons (Fsp3) is 0. The van der Waals surface area contributed by atoms with Crippen molar-refractivity contribution in [3.05, 3.63) is 57.0 Å². The molecule has 18 heavy (non-hydrogen) atoms. The van der Waals surface area contributed by atoms with Crippen LogP contribution in [0.15, 0.2) is 51.4 Å². The third kappa shape index (κ3) is 2.91. The highest BCUT2D eigenvalue weighted by Gasteiger charge is 2.13. The van der Waals surface area contributed by atoms with Crippen LogP contribution in [-0.4, -0.2) is 11.1 Å². The Morgan fingerprint density at radius 1 is 1.06 bits per heavy atom. The molecule has 0 saturated carbocycles. The Kier molecular flexibility index (Phi) is 4.04. The molecule has 0 aliphatic heterocycles. The maximum absolute atomic E-state index is 11.1. The minimum Gasteiger partial charge on any atom is -0.478 e. The molecule has 1 N–H and O–H groups in total. The fourth-order valence-electron chi connectivity index (χ4n) is 1.40. The van der Waals surface area contributed by atoms with Crippen LogP contribution in [0.25, 0.3) is 0 Å². The van der Waals surface area contributed by atoms with Crippen LogP contribution in [0, 0.1) is 0 Å². The number of ether oxygens (including phenoxy) is 1. The molecule has 0 saturated heterocycles. The van der Waals surface area contributed by atoms with E-state index in [1.165, 1.54) is 6.07 Å². The smallest absolute Gasteiger partial charge is 0.339 e. The second-order valence-corrected chi connectivity index (χ2v) is 5.25. The van der Waals surface area contributed by atoms with Crippen molar-refractivity contribution in [2.45, 2.75) is 0 Å². The van der Waals surface area contributed by atoms with Crippen molar-refractivity contribution in [1.82, 2.24) is 0 Å². The summed E-state index contributed by atoms with van der Waals surface area (Å²) in [7, 11) is 0. The predicted octanol–water partition coefficient (Wildman–Crippen LogP) is 4.70. The molecule has 2 rings (SSSR count). The van der Waals surface area contributed by atoms with Crippen molar-refractivity contribution < 1.29 is 14.6 Å². The number of benzene rings is 2. The van der Waals surface area contributed by atoms with Gasteiger partial charge in [0.25, 0.3) is 0 Å². The van der Waals surface area contributed by atoms with Gasteiger partial charge in [-0.05, 0) is 46.3 Å². The van der Waals surface area contributed by atoms with Crippen LogP contribution in [0.2, 0.25) is 0 Å². The lowest BCUT2D eigenvalue weighted by Gasteiger charge is -2.10. The number of hydrogen-bond donors (Lipinski definition) is 1. The van der Waals surface area contributed by atoms with E-state index in [0.717, 1.165) is 4.47 Å². The first-order valence-electron chi connectivity index (χ1n) is 5.03. The van der Waals surface area contributed by atoms with Crippen LogP contribution in [-0.2, 0) is 0 Å². The quantitative estimate of drug-likeness (QED) is 0.850. The monoisotopic (exact) mass is 370 g/mol. The molecule has 2 aromatic rings. The number of para-hydroxylation sites is 1. The van der Waals surface area contributed by atoms with E-state index in [0.29, 0.717) is 16.0 Å². The highest BCUT2D eigenvalue weighted by atomic mass is 79.9. The lowest BCUT2D eigenvalue weighted by Crippen LogP contribution is -2.00. The Balaban J connectivity index is 2.41. The molecule has 0 aliphatic carbocycles. The molecule has 0 atom stereocenters. The van der Waals surface area contributed by atoms with Crippen LogP contribution in [0.3, 0.4) is 0 Å². The van der Waals surface area contributed by atoms with Gasteiger partial charge in [-0.2, -0.15) is 0 Å². The number of halogens is 2. The lowest BCUT2D eigenvalue weighted by atomic mass is 10.2. The molecular weight excluding hydrogens is 364 g/mol. The summed E-state index contributed by atoms with van der Waals surface area (Å²) in [5, 5.41) is 9.12. The molecule has 0 heterocycles. The average Bonchev–Trinajstić information content (AvgIpc) is 2.34. The second-order valence-electron chi connectivity index (χ2n) is 3.48. The Morgan fingerprint density at radius 2 is 1.78 bits per heavy atom. The number of hydrogen-bond acceptors (Lipinski definition) is 2. The van der Waals surface area contributed by atoms with E-state index in [9.17, 15) is 4.79 Å². The minimum absolute atomic E-state index is 0.111. The van der Waals surface area contributed by atoms with E-state index in [-0.39, 0.29) is 5.56 Å². The third-order valence-electron chi connectivity index (χ3n) is 2.23. The third-order valence-corrected chi connectivity index (χ3v) is 3.38. The van der Waals surface area contributed by atoms with Crippen molar-refractivity contribution >= 4 is 37.8 Å². The van der Waals surface area contributed by atoms with Crippen LogP contribution in [0.4, 0.5) is 0 Å².